The average molecular weight is 344 g/mol. The molecule has 0 amide bonds. The van der Waals surface area contributed by atoms with E-state index >= 15 is 0 Å². The van der Waals surface area contributed by atoms with Gasteiger partial charge < -0.3 is 4.74 Å². The van der Waals surface area contributed by atoms with Gasteiger partial charge in [0.25, 0.3) is 0 Å². The second-order valence-electron chi connectivity index (χ2n) is 5.03. The first-order valence-electron chi connectivity index (χ1n) is 7.00. The molecule has 0 unspecified atom stereocenters. The van der Waals surface area contributed by atoms with E-state index in [2.05, 4.69) is 4.98 Å². The van der Waals surface area contributed by atoms with Crippen LogP contribution in [-0.4, -0.2) is 17.9 Å². The van der Waals surface area contributed by atoms with Crippen LogP contribution in [0.3, 0.4) is 0 Å². The Morgan fingerprint density at radius 3 is 2.78 bits per heavy atom. The zero-order valence-corrected chi connectivity index (χ0v) is 14.2. The van der Waals surface area contributed by atoms with Crippen molar-refractivity contribution in [1.29, 1.82) is 0 Å². The van der Waals surface area contributed by atoms with Gasteiger partial charge in [0.2, 0.25) is 0 Å². The minimum absolute atomic E-state index is 0.0371. The maximum Gasteiger partial charge on any atom is 0.195 e. The van der Waals surface area contributed by atoms with Gasteiger partial charge in [-0.2, -0.15) is 0 Å². The van der Waals surface area contributed by atoms with E-state index in [-0.39, 0.29) is 5.78 Å². The molecule has 116 valence electrons. The topological polar surface area (TPSA) is 39.2 Å². The Balaban J connectivity index is 1.94. The normalized spacial score (nSPS) is 11.3. The zero-order chi connectivity index (χ0) is 16.4. The lowest BCUT2D eigenvalue weighted by Crippen LogP contribution is -1.90. The second-order valence-corrected chi connectivity index (χ2v) is 6.68. The van der Waals surface area contributed by atoms with Crippen LogP contribution < -0.4 is 4.74 Å². The van der Waals surface area contributed by atoms with Gasteiger partial charge in [0, 0.05) is 15.8 Å². The summed E-state index contributed by atoms with van der Waals surface area (Å²) in [6.07, 6.45) is 3.23. The summed E-state index contributed by atoms with van der Waals surface area (Å²) in [4.78, 5) is 18.3. The lowest BCUT2D eigenvalue weighted by molar-refractivity contribution is 0.105. The maximum absolute atomic E-state index is 12.1. The number of rotatable bonds is 4. The molecule has 3 nitrogen and oxygen atoms in total. The van der Waals surface area contributed by atoms with Crippen molar-refractivity contribution in [3.63, 3.8) is 0 Å². The first-order chi connectivity index (χ1) is 11.1. The molecule has 0 aliphatic rings. The standard InChI is InChI=1S/C18H14ClNO2S/c1-11-3-8-17(23-11)16(21)7-4-12-9-13-10-14(22-2)5-6-15(13)20-18(12)19/h3-10H,1-2H3/b7-4+. The van der Waals surface area contributed by atoms with Crippen LogP contribution in [0.4, 0.5) is 0 Å². The van der Waals surface area contributed by atoms with E-state index in [0.717, 1.165) is 21.5 Å². The van der Waals surface area contributed by atoms with Crippen LogP contribution in [0.15, 0.2) is 42.5 Å². The highest BCUT2D eigenvalue weighted by molar-refractivity contribution is 7.14. The van der Waals surface area contributed by atoms with Gasteiger partial charge in [-0.3, -0.25) is 4.79 Å². The minimum Gasteiger partial charge on any atom is -0.497 e. The second kappa shape index (κ2) is 6.52. The van der Waals surface area contributed by atoms with Crippen molar-refractivity contribution in [3.8, 4) is 5.75 Å². The van der Waals surface area contributed by atoms with Crippen molar-refractivity contribution in [2.45, 2.75) is 6.92 Å². The molecule has 2 heterocycles. The highest BCUT2D eigenvalue weighted by atomic mass is 35.5. The highest BCUT2D eigenvalue weighted by Crippen LogP contribution is 2.25. The Morgan fingerprint density at radius 2 is 2.09 bits per heavy atom. The number of thiophene rings is 1. The van der Waals surface area contributed by atoms with Crippen molar-refractivity contribution < 1.29 is 9.53 Å². The fourth-order valence-corrected chi connectivity index (χ4v) is 3.20. The van der Waals surface area contributed by atoms with Gasteiger partial charge in [-0.05, 0) is 55.5 Å². The number of nitrogens with zero attached hydrogens (tertiary/aromatic N) is 1. The number of methoxy groups -OCH3 is 1. The average Bonchev–Trinajstić information content (AvgIpc) is 2.98. The van der Waals surface area contributed by atoms with Crippen molar-refractivity contribution in [2.24, 2.45) is 0 Å². The Bertz CT molecular complexity index is 915. The SMILES string of the molecule is COc1ccc2nc(Cl)c(/C=C/C(=O)c3ccc(C)s3)cc2c1. The number of ether oxygens (including phenoxy) is 1. The van der Waals surface area contributed by atoms with Crippen molar-refractivity contribution in [2.75, 3.05) is 7.11 Å². The maximum atomic E-state index is 12.1. The number of aryl methyl sites for hydroxylation is 1. The number of pyridine rings is 1. The van der Waals surface area contributed by atoms with Gasteiger partial charge in [0.05, 0.1) is 17.5 Å². The van der Waals surface area contributed by atoms with E-state index in [1.54, 1.807) is 13.2 Å². The van der Waals surface area contributed by atoms with Crippen LogP contribution in [0, 0.1) is 6.92 Å². The third kappa shape index (κ3) is 3.44. The quantitative estimate of drug-likeness (QED) is 0.373. The molecule has 0 aliphatic carbocycles. The molecule has 0 spiro atoms. The first kappa shape index (κ1) is 15.7. The fourth-order valence-electron chi connectivity index (χ4n) is 2.21. The molecule has 0 saturated carbocycles. The summed E-state index contributed by atoms with van der Waals surface area (Å²) in [5.41, 5.74) is 1.49. The zero-order valence-electron chi connectivity index (χ0n) is 12.7. The van der Waals surface area contributed by atoms with Crippen LogP contribution in [0.1, 0.15) is 20.1 Å². The van der Waals surface area contributed by atoms with Crippen LogP contribution in [0.2, 0.25) is 5.15 Å². The van der Waals surface area contributed by atoms with Gasteiger partial charge in [-0.15, -0.1) is 11.3 Å². The van der Waals surface area contributed by atoms with Gasteiger partial charge in [0.15, 0.2) is 5.78 Å². The van der Waals surface area contributed by atoms with Crippen molar-refractivity contribution in [3.05, 3.63) is 62.9 Å². The largest absolute Gasteiger partial charge is 0.497 e. The monoisotopic (exact) mass is 343 g/mol. The van der Waals surface area contributed by atoms with E-state index in [0.29, 0.717) is 15.6 Å². The number of allylic oxidation sites excluding steroid dienone is 1. The number of aromatic nitrogens is 1. The first-order valence-corrected chi connectivity index (χ1v) is 8.19. The van der Waals surface area contributed by atoms with Gasteiger partial charge in [0.1, 0.15) is 10.9 Å². The predicted octanol–water partition coefficient (Wildman–Crippen LogP) is 5.16. The van der Waals surface area contributed by atoms with E-state index in [1.807, 2.05) is 43.3 Å². The molecule has 0 radical (unpaired) electrons. The summed E-state index contributed by atoms with van der Waals surface area (Å²) < 4.78 is 5.22. The lowest BCUT2D eigenvalue weighted by atomic mass is 10.1. The Labute approximate surface area is 143 Å². The van der Waals surface area contributed by atoms with E-state index in [9.17, 15) is 4.79 Å². The number of fused-ring (bicyclic) bond motifs is 1. The Hall–Kier alpha value is -2.17. The summed E-state index contributed by atoms with van der Waals surface area (Å²) in [5, 5.41) is 1.28. The van der Waals surface area contributed by atoms with E-state index in [4.69, 9.17) is 16.3 Å². The molecule has 0 atom stereocenters. The molecule has 5 heteroatoms. The predicted molar refractivity (Wildman–Crippen MR) is 95.7 cm³/mol. The molecular weight excluding hydrogens is 330 g/mol. The van der Waals surface area contributed by atoms with E-state index < -0.39 is 0 Å². The Morgan fingerprint density at radius 1 is 1.26 bits per heavy atom. The number of hydrogen-bond donors (Lipinski definition) is 0. The molecule has 1 aromatic carbocycles. The number of carbonyl (C=O) groups is 1. The molecule has 0 fully saturated rings. The van der Waals surface area contributed by atoms with Crippen molar-refractivity contribution >= 4 is 45.7 Å². The minimum atomic E-state index is -0.0371. The smallest absolute Gasteiger partial charge is 0.195 e. The number of ketones is 1. The molecule has 3 aromatic rings. The molecule has 23 heavy (non-hydrogen) atoms. The Kier molecular flexibility index (Phi) is 4.46. The molecule has 0 bridgehead atoms. The number of carbonyl (C=O) groups excluding carboxylic acids is 1. The summed E-state index contributed by atoms with van der Waals surface area (Å²) in [6.45, 7) is 1.97. The number of hydrogen-bond acceptors (Lipinski definition) is 4. The lowest BCUT2D eigenvalue weighted by Gasteiger charge is -2.04. The third-order valence-electron chi connectivity index (χ3n) is 3.40. The highest BCUT2D eigenvalue weighted by Gasteiger charge is 2.07. The van der Waals surface area contributed by atoms with Crippen LogP contribution in [0.25, 0.3) is 17.0 Å². The summed E-state index contributed by atoms with van der Waals surface area (Å²) in [6, 6.07) is 11.2. The third-order valence-corrected chi connectivity index (χ3v) is 4.72. The fraction of sp³-hybridized carbons (Fsp3) is 0.111. The van der Waals surface area contributed by atoms with Crippen LogP contribution in [-0.2, 0) is 0 Å². The number of benzene rings is 1. The molecule has 3 rings (SSSR count). The molecule has 0 saturated heterocycles. The van der Waals surface area contributed by atoms with Gasteiger partial charge in [-0.1, -0.05) is 11.6 Å². The molecular formula is C18H14ClNO2S. The number of halogens is 1. The van der Waals surface area contributed by atoms with E-state index in [1.165, 1.54) is 17.4 Å². The molecule has 0 aliphatic heterocycles. The van der Waals surface area contributed by atoms with Crippen LogP contribution >= 0.6 is 22.9 Å². The summed E-state index contributed by atoms with van der Waals surface area (Å²) in [5.74, 6) is 0.714. The molecule has 0 N–H and O–H groups in total. The summed E-state index contributed by atoms with van der Waals surface area (Å²) >= 11 is 7.68. The van der Waals surface area contributed by atoms with Gasteiger partial charge >= 0.3 is 0 Å². The van der Waals surface area contributed by atoms with Gasteiger partial charge in [-0.25, -0.2) is 4.98 Å². The molecule has 2 aromatic heterocycles. The van der Waals surface area contributed by atoms with Crippen LogP contribution in [0.5, 0.6) is 5.75 Å². The summed E-state index contributed by atoms with van der Waals surface area (Å²) in [7, 11) is 1.62. The van der Waals surface area contributed by atoms with Crippen molar-refractivity contribution in [1.82, 2.24) is 4.98 Å².